The Kier molecular flexibility index (Phi) is 5.66. The Morgan fingerprint density at radius 3 is 2.19 bits per heavy atom. The number of fused-ring (bicyclic) bond motifs is 1. The number of hydrogen-bond donors (Lipinski definition) is 1. The van der Waals surface area contributed by atoms with Gasteiger partial charge in [-0.05, 0) is 24.3 Å². The van der Waals surface area contributed by atoms with E-state index in [0.717, 1.165) is 5.39 Å². The second-order valence-corrected chi connectivity index (χ2v) is 6.66. The lowest BCUT2D eigenvalue weighted by molar-refractivity contribution is 0.102. The average molecular weight is 415 g/mol. The van der Waals surface area contributed by atoms with E-state index in [4.69, 9.17) is 14.2 Å². The number of nitrogens with zero attached hydrogens (tertiary/aromatic N) is 2. The number of rotatable bonds is 6. The summed E-state index contributed by atoms with van der Waals surface area (Å²) in [5.74, 6) is 1.07. The van der Waals surface area contributed by atoms with Crippen molar-refractivity contribution >= 4 is 22.5 Å². The molecule has 2 heterocycles. The Bertz CT molecular complexity index is 1220. The van der Waals surface area contributed by atoms with Gasteiger partial charge in [0, 0.05) is 29.4 Å². The maximum Gasteiger partial charge on any atom is 0.256 e. The van der Waals surface area contributed by atoms with Crippen LogP contribution in [0.3, 0.4) is 0 Å². The summed E-state index contributed by atoms with van der Waals surface area (Å²) < 4.78 is 16.1. The van der Waals surface area contributed by atoms with Crippen LogP contribution in [-0.2, 0) is 0 Å². The fourth-order valence-electron chi connectivity index (χ4n) is 3.36. The molecular formula is C24H21N3O4. The number of benzene rings is 2. The van der Waals surface area contributed by atoms with Crippen LogP contribution in [0.2, 0.25) is 0 Å². The SMILES string of the molecule is COc1cc(NC(=O)c2cc(-c3ccccn3)nc3ccccc23)cc(OC)c1OC. The zero-order valence-corrected chi connectivity index (χ0v) is 17.4. The monoisotopic (exact) mass is 415 g/mol. The molecule has 0 spiro atoms. The number of nitrogens with one attached hydrogen (secondary N) is 1. The number of para-hydroxylation sites is 1. The molecule has 2 aromatic heterocycles. The summed E-state index contributed by atoms with van der Waals surface area (Å²) in [6, 6.07) is 18.2. The maximum absolute atomic E-state index is 13.3. The highest BCUT2D eigenvalue weighted by atomic mass is 16.5. The molecule has 4 rings (SSSR count). The van der Waals surface area contributed by atoms with Gasteiger partial charge in [-0.2, -0.15) is 0 Å². The lowest BCUT2D eigenvalue weighted by Gasteiger charge is -2.15. The predicted molar refractivity (Wildman–Crippen MR) is 119 cm³/mol. The summed E-state index contributed by atoms with van der Waals surface area (Å²) in [5, 5.41) is 3.67. The van der Waals surface area contributed by atoms with Crippen LogP contribution in [0.25, 0.3) is 22.3 Å². The first-order valence-electron chi connectivity index (χ1n) is 9.57. The Hall–Kier alpha value is -4.13. The van der Waals surface area contributed by atoms with Crippen LogP contribution in [0, 0.1) is 0 Å². The number of amides is 1. The van der Waals surface area contributed by atoms with Gasteiger partial charge in [-0.1, -0.05) is 24.3 Å². The summed E-state index contributed by atoms with van der Waals surface area (Å²) >= 11 is 0. The minimum absolute atomic E-state index is 0.287. The van der Waals surface area contributed by atoms with Crippen LogP contribution in [0.15, 0.2) is 66.9 Å². The lowest BCUT2D eigenvalue weighted by atomic mass is 10.1. The Morgan fingerprint density at radius 1 is 0.839 bits per heavy atom. The third-order valence-electron chi connectivity index (χ3n) is 4.81. The minimum Gasteiger partial charge on any atom is -0.493 e. The molecule has 0 fully saturated rings. The van der Waals surface area contributed by atoms with Crippen molar-refractivity contribution < 1.29 is 19.0 Å². The number of hydrogen-bond acceptors (Lipinski definition) is 6. The lowest BCUT2D eigenvalue weighted by Crippen LogP contribution is -2.13. The molecule has 0 aliphatic heterocycles. The third-order valence-corrected chi connectivity index (χ3v) is 4.81. The molecule has 0 saturated heterocycles. The molecule has 0 unspecified atom stereocenters. The van der Waals surface area contributed by atoms with Crippen LogP contribution in [0.5, 0.6) is 17.2 Å². The maximum atomic E-state index is 13.3. The second-order valence-electron chi connectivity index (χ2n) is 6.66. The molecule has 0 bridgehead atoms. The zero-order chi connectivity index (χ0) is 21.8. The summed E-state index contributed by atoms with van der Waals surface area (Å²) in [4.78, 5) is 22.3. The number of methoxy groups -OCH3 is 3. The van der Waals surface area contributed by atoms with E-state index in [9.17, 15) is 4.79 Å². The standard InChI is InChI=1S/C24H21N3O4/c1-29-21-12-15(13-22(30-2)23(21)31-3)26-24(28)17-14-20(19-10-6-7-11-25-19)27-18-9-5-4-8-16(17)18/h4-14H,1-3H3,(H,26,28). The molecule has 0 atom stereocenters. The summed E-state index contributed by atoms with van der Waals surface area (Å²) in [7, 11) is 4.58. The van der Waals surface area contributed by atoms with Gasteiger partial charge in [0.15, 0.2) is 11.5 Å². The van der Waals surface area contributed by atoms with Crippen molar-refractivity contribution in [2.45, 2.75) is 0 Å². The van der Waals surface area contributed by atoms with Gasteiger partial charge in [-0.15, -0.1) is 0 Å². The highest BCUT2D eigenvalue weighted by molar-refractivity contribution is 6.13. The summed E-state index contributed by atoms with van der Waals surface area (Å²) in [6.07, 6.45) is 1.70. The van der Waals surface area contributed by atoms with Crippen LogP contribution >= 0.6 is 0 Å². The largest absolute Gasteiger partial charge is 0.493 e. The van der Waals surface area contributed by atoms with Gasteiger partial charge >= 0.3 is 0 Å². The third kappa shape index (κ3) is 3.98. The number of pyridine rings is 2. The molecule has 2 aromatic carbocycles. The molecule has 7 nitrogen and oxygen atoms in total. The fraction of sp³-hybridized carbons (Fsp3) is 0.125. The van der Waals surface area contributed by atoms with Crippen molar-refractivity contribution in [1.29, 1.82) is 0 Å². The minimum atomic E-state index is -0.287. The molecule has 0 aliphatic carbocycles. The normalized spacial score (nSPS) is 10.5. The van der Waals surface area contributed by atoms with Crippen LogP contribution in [0.4, 0.5) is 5.69 Å². The Balaban J connectivity index is 1.78. The number of ether oxygens (including phenoxy) is 3. The number of carbonyl (C=O) groups is 1. The summed E-state index contributed by atoms with van der Waals surface area (Å²) in [5.41, 5.74) is 3.02. The van der Waals surface area contributed by atoms with Crippen LogP contribution in [-0.4, -0.2) is 37.2 Å². The van der Waals surface area contributed by atoms with Gasteiger partial charge in [-0.3, -0.25) is 9.78 Å². The second kappa shape index (κ2) is 8.71. The van der Waals surface area contributed by atoms with Gasteiger partial charge in [0.25, 0.3) is 5.91 Å². The molecule has 0 saturated carbocycles. The molecule has 0 radical (unpaired) electrons. The van der Waals surface area contributed by atoms with Gasteiger partial charge < -0.3 is 19.5 Å². The van der Waals surface area contributed by atoms with Gasteiger partial charge in [-0.25, -0.2) is 4.98 Å². The van der Waals surface area contributed by atoms with Gasteiger partial charge in [0.2, 0.25) is 5.75 Å². The van der Waals surface area contributed by atoms with Crippen molar-refractivity contribution in [3.05, 3.63) is 72.4 Å². The first-order valence-corrected chi connectivity index (χ1v) is 9.57. The number of aromatic nitrogens is 2. The predicted octanol–water partition coefficient (Wildman–Crippen LogP) is 4.57. The Morgan fingerprint density at radius 2 is 1.55 bits per heavy atom. The molecule has 4 aromatic rings. The topological polar surface area (TPSA) is 82.6 Å². The molecule has 31 heavy (non-hydrogen) atoms. The first-order chi connectivity index (χ1) is 15.1. The summed E-state index contributed by atoms with van der Waals surface area (Å²) in [6.45, 7) is 0. The van der Waals surface area contributed by atoms with E-state index in [-0.39, 0.29) is 5.91 Å². The van der Waals surface area contributed by atoms with E-state index in [0.29, 0.717) is 45.4 Å². The molecule has 156 valence electrons. The molecule has 0 aliphatic rings. The van der Waals surface area contributed by atoms with E-state index >= 15 is 0 Å². The van der Waals surface area contributed by atoms with Crippen molar-refractivity contribution in [1.82, 2.24) is 9.97 Å². The van der Waals surface area contributed by atoms with E-state index in [1.165, 1.54) is 21.3 Å². The van der Waals surface area contributed by atoms with Crippen molar-refractivity contribution in [3.8, 4) is 28.6 Å². The fourth-order valence-corrected chi connectivity index (χ4v) is 3.36. The van der Waals surface area contributed by atoms with Gasteiger partial charge in [0.1, 0.15) is 0 Å². The molecule has 7 heteroatoms. The number of anilines is 1. The first kappa shape index (κ1) is 20.2. The van der Waals surface area contributed by atoms with Crippen molar-refractivity contribution in [2.75, 3.05) is 26.6 Å². The molecule has 1 amide bonds. The van der Waals surface area contributed by atoms with Crippen LogP contribution < -0.4 is 19.5 Å². The van der Waals surface area contributed by atoms with E-state index in [1.807, 2.05) is 42.5 Å². The number of carbonyl (C=O) groups excluding carboxylic acids is 1. The van der Waals surface area contributed by atoms with Gasteiger partial charge in [0.05, 0.1) is 43.8 Å². The molecule has 1 N–H and O–H groups in total. The smallest absolute Gasteiger partial charge is 0.256 e. The Labute approximate surface area is 179 Å². The van der Waals surface area contributed by atoms with Crippen molar-refractivity contribution in [2.24, 2.45) is 0 Å². The average Bonchev–Trinajstić information content (AvgIpc) is 2.83. The molecular weight excluding hydrogens is 394 g/mol. The quantitative estimate of drug-likeness (QED) is 0.497. The van der Waals surface area contributed by atoms with Crippen molar-refractivity contribution in [3.63, 3.8) is 0 Å². The van der Waals surface area contributed by atoms with Crippen LogP contribution in [0.1, 0.15) is 10.4 Å². The van der Waals surface area contributed by atoms with E-state index < -0.39 is 0 Å². The van der Waals surface area contributed by atoms with E-state index in [2.05, 4.69) is 15.3 Å². The zero-order valence-electron chi connectivity index (χ0n) is 17.4. The highest BCUT2D eigenvalue weighted by Gasteiger charge is 2.18. The highest BCUT2D eigenvalue weighted by Crippen LogP contribution is 2.40. The van der Waals surface area contributed by atoms with E-state index in [1.54, 1.807) is 24.4 Å².